The van der Waals surface area contributed by atoms with Gasteiger partial charge in [-0.05, 0) is 34.7 Å². The minimum Gasteiger partial charge on any atom is -0.373 e. The second-order valence-electron chi connectivity index (χ2n) is 3.96. The van der Waals surface area contributed by atoms with E-state index in [2.05, 4.69) is 22.6 Å². The summed E-state index contributed by atoms with van der Waals surface area (Å²) in [6.07, 6.45) is -0.0333. The molecule has 1 aliphatic rings. The van der Waals surface area contributed by atoms with Crippen LogP contribution < -0.4 is 5.73 Å². The number of nitrogens with two attached hydrogens (primary N) is 1. The number of nitrogens with zero attached hydrogens (tertiary/aromatic N) is 1. The minimum absolute atomic E-state index is 0.0333. The number of benzene rings is 1. The molecule has 1 aromatic carbocycles. The molecule has 1 aliphatic heterocycles. The third-order valence-corrected chi connectivity index (χ3v) is 3.73. The Kier molecular flexibility index (Phi) is 4.36. The monoisotopic (exact) mass is 346 g/mol. The zero-order chi connectivity index (χ0) is 12.3. The molecular formula is C12H15IN2O2. The average molecular weight is 346 g/mol. The highest BCUT2D eigenvalue weighted by molar-refractivity contribution is 14.1. The summed E-state index contributed by atoms with van der Waals surface area (Å²) >= 11 is 2.18. The molecule has 1 amide bonds. The van der Waals surface area contributed by atoms with Gasteiger partial charge in [0.2, 0.25) is 0 Å². The van der Waals surface area contributed by atoms with E-state index in [1.54, 1.807) is 0 Å². The third kappa shape index (κ3) is 2.97. The lowest BCUT2D eigenvalue weighted by atomic mass is 10.1. The van der Waals surface area contributed by atoms with E-state index in [4.69, 9.17) is 10.5 Å². The molecule has 1 saturated heterocycles. The van der Waals surface area contributed by atoms with Crippen molar-refractivity contribution in [3.8, 4) is 0 Å². The van der Waals surface area contributed by atoms with E-state index in [0.717, 1.165) is 9.13 Å². The van der Waals surface area contributed by atoms with Crippen LogP contribution in [0.25, 0.3) is 0 Å². The first kappa shape index (κ1) is 12.8. The molecule has 1 heterocycles. The molecule has 0 aliphatic carbocycles. The van der Waals surface area contributed by atoms with E-state index in [-0.39, 0.29) is 12.0 Å². The largest absolute Gasteiger partial charge is 0.373 e. The Labute approximate surface area is 114 Å². The Morgan fingerprint density at radius 1 is 1.53 bits per heavy atom. The molecule has 0 radical (unpaired) electrons. The van der Waals surface area contributed by atoms with E-state index < -0.39 is 0 Å². The summed E-state index contributed by atoms with van der Waals surface area (Å²) in [5.74, 6) is 0.0664. The number of amides is 1. The van der Waals surface area contributed by atoms with Crippen LogP contribution in [0, 0.1) is 3.57 Å². The van der Waals surface area contributed by atoms with Gasteiger partial charge in [-0.25, -0.2) is 0 Å². The van der Waals surface area contributed by atoms with Crippen LogP contribution in [0.3, 0.4) is 0 Å². The number of hydrogen-bond acceptors (Lipinski definition) is 3. The topological polar surface area (TPSA) is 55.6 Å². The highest BCUT2D eigenvalue weighted by Crippen LogP contribution is 2.16. The fraction of sp³-hybridized carbons (Fsp3) is 0.417. The zero-order valence-corrected chi connectivity index (χ0v) is 11.6. The van der Waals surface area contributed by atoms with Crippen LogP contribution in [0.2, 0.25) is 0 Å². The smallest absolute Gasteiger partial charge is 0.255 e. The van der Waals surface area contributed by atoms with Crippen LogP contribution in [0.4, 0.5) is 0 Å². The minimum atomic E-state index is -0.0333. The maximum atomic E-state index is 12.3. The van der Waals surface area contributed by atoms with E-state index in [1.807, 2.05) is 29.2 Å². The van der Waals surface area contributed by atoms with E-state index >= 15 is 0 Å². The van der Waals surface area contributed by atoms with E-state index in [9.17, 15) is 4.79 Å². The van der Waals surface area contributed by atoms with Crippen molar-refractivity contribution in [2.75, 3.05) is 26.2 Å². The van der Waals surface area contributed by atoms with Crippen LogP contribution in [0.5, 0.6) is 0 Å². The van der Waals surface area contributed by atoms with Gasteiger partial charge in [-0.2, -0.15) is 0 Å². The number of carbonyl (C=O) groups is 1. The molecule has 1 atom stereocenters. The van der Waals surface area contributed by atoms with Crippen LogP contribution >= 0.6 is 22.6 Å². The van der Waals surface area contributed by atoms with Gasteiger partial charge in [0.1, 0.15) is 0 Å². The predicted molar refractivity (Wildman–Crippen MR) is 73.9 cm³/mol. The summed E-state index contributed by atoms with van der Waals surface area (Å²) in [7, 11) is 0. The van der Waals surface area contributed by atoms with Crippen molar-refractivity contribution in [2.24, 2.45) is 5.73 Å². The summed E-state index contributed by atoms with van der Waals surface area (Å²) in [6, 6.07) is 7.61. The molecule has 0 saturated carbocycles. The number of morpholine rings is 1. The second-order valence-corrected chi connectivity index (χ2v) is 5.12. The van der Waals surface area contributed by atoms with Crippen molar-refractivity contribution < 1.29 is 9.53 Å². The Morgan fingerprint density at radius 3 is 3.00 bits per heavy atom. The van der Waals surface area contributed by atoms with Crippen molar-refractivity contribution >= 4 is 28.5 Å². The summed E-state index contributed by atoms with van der Waals surface area (Å²) in [5, 5.41) is 0. The van der Waals surface area contributed by atoms with Crippen molar-refractivity contribution in [3.63, 3.8) is 0 Å². The van der Waals surface area contributed by atoms with Crippen LogP contribution in [-0.2, 0) is 4.74 Å². The molecule has 2 N–H and O–H groups in total. The van der Waals surface area contributed by atoms with Gasteiger partial charge in [0, 0.05) is 23.2 Å². The van der Waals surface area contributed by atoms with Crippen molar-refractivity contribution in [1.82, 2.24) is 4.90 Å². The molecule has 0 bridgehead atoms. The number of ether oxygens (including phenoxy) is 1. The molecule has 0 aromatic heterocycles. The average Bonchev–Trinajstić information content (AvgIpc) is 2.38. The highest BCUT2D eigenvalue weighted by Gasteiger charge is 2.24. The summed E-state index contributed by atoms with van der Waals surface area (Å²) in [6.45, 7) is 2.24. The molecule has 1 aromatic rings. The Balaban J connectivity index is 2.12. The van der Waals surface area contributed by atoms with Crippen molar-refractivity contribution in [1.29, 1.82) is 0 Å². The first-order valence-electron chi connectivity index (χ1n) is 5.58. The number of hydrogen-bond donors (Lipinski definition) is 1. The standard InChI is InChI=1S/C12H15IN2O2/c13-11-4-2-1-3-10(11)12(16)15-5-6-17-9(7-14)8-15/h1-4,9H,5-8,14H2. The normalized spacial score (nSPS) is 20.4. The first-order chi connectivity index (χ1) is 8.22. The third-order valence-electron chi connectivity index (χ3n) is 2.79. The summed E-state index contributed by atoms with van der Waals surface area (Å²) in [5.41, 5.74) is 6.33. The molecular weight excluding hydrogens is 331 g/mol. The van der Waals surface area contributed by atoms with Gasteiger partial charge in [0.05, 0.1) is 18.3 Å². The van der Waals surface area contributed by atoms with Crippen LogP contribution in [0.1, 0.15) is 10.4 Å². The quantitative estimate of drug-likeness (QED) is 0.816. The molecule has 17 heavy (non-hydrogen) atoms. The lowest BCUT2D eigenvalue weighted by Crippen LogP contribution is -2.48. The maximum absolute atomic E-state index is 12.3. The van der Waals surface area contributed by atoms with Gasteiger partial charge in [0.25, 0.3) is 5.91 Å². The second kappa shape index (κ2) is 5.79. The fourth-order valence-corrected chi connectivity index (χ4v) is 2.47. The molecule has 4 nitrogen and oxygen atoms in total. The molecule has 1 fully saturated rings. The first-order valence-corrected chi connectivity index (χ1v) is 6.65. The zero-order valence-electron chi connectivity index (χ0n) is 9.43. The Bertz CT molecular complexity index is 411. The molecule has 2 rings (SSSR count). The van der Waals surface area contributed by atoms with Crippen LogP contribution in [0.15, 0.2) is 24.3 Å². The van der Waals surface area contributed by atoms with Crippen molar-refractivity contribution in [3.05, 3.63) is 33.4 Å². The fourth-order valence-electron chi connectivity index (χ4n) is 1.85. The lowest BCUT2D eigenvalue weighted by molar-refractivity contribution is -0.0167. The maximum Gasteiger partial charge on any atom is 0.255 e. The van der Waals surface area contributed by atoms with Gasteiger partial charge in [0.15, 0.2) is 0 Å². The van der Waals surface area contributed by atoms with Crippen LogP contribution in [-0.4, -0.2) is 43.2 Å². The predicted octanol–water partition coefficient (Wildman–Crippen LogP) is 1.09. The highest BCUT2D eigenvalue weighted by atomic mass is 127. The van der Waals surface area contributed by atoms with E-state index in [1.165, 1.54) is 0 Å². The lowest BCUT2D eigenvalue weighted by Gasteiger charge is -2.32. The number of carbonyl (C=O) groups excluding carboxylic acids is 1. The Hall–Kier alpha value is -0.660. The summed E-state index contributed by atoms with van der Waals surface area (Å²) in [4.78, 5) is 14.1. The summed E-state index contributed by atoms with van der Waals surface area (Å²) < 4.78 is 6.43. The van der Waals surface area contributed by atoms with E-state index in [0.29, 0.717) is 26.2 Å². The number of halogens is 1. The SMILES string of the molecule is NCC1CN(C(=O)c2ccccc2I)CCO1. The van der Waals surface area contributed by atoms with Gasteiger partial charge in [-0.3, -0.25) is 4.79 Å². The van der Waals surface area contributed by atoms with Crippen molar-refractivity contribution in [2.45, 2.75) is 6.10 Å². The number of rotatable bonds is 2. The van der Waals surface area contributed by atoms with Gasteiger partial charge >= 0.3 is 0 Å². The Morgan fingerprint density at radius 2 is 2.29 bits per heavy atom. The van der Waals surface area contributed by atoms with Gasteiger partial charge in [-0.1, -0.05) is 12.1 Å². The molecule has 0 spiro atoms. The molecule has 1 unspecified atom stereocenters. The van der Waals surface area contributed by atoms with Gasteiger partial charge < -0.3 is 15.4 Å². The molecule has 92 valence electrons. The van der Waals surface area contributed by atoms with Gasteiger partial charge in [-0.15, -0.1) is 0 Å². The molecule has 5 heteroatoms.